The maximum Gasteiger partial charge on any atom is 0.333 e. The summed E-state index contributed by atoms with van der Waals surface area (Å²) in [6.45, 7) is 4.63. The Balaban J connectivity index is 2.26. The second-order valence-corrected chi connectivity index (χ2v) is 5.78. The summed E-state index contributed by atoms with van der Waals surface area (Å²) in [5.41, 5.74) is 0.362. The molecule has 1 aliphatic carbocycles. The summed E-state index contributed by atoms with van der Waals surface area (Å²) < 4.78 is 5.73. The highest BCUT2D eigenvalue weighted by Gasteiger charge is 2.42. The molecule has 0 spiro atoms. The lowest BCUT2D eigenvalue weighted by Crippen LogP contribution is -2.46. The Labute approximate surface area is 108 Å². The van der Waals surface area contributed by atoms with Crippen molar-refractivity contribution >= 4 is 5.97 Å². The Kier molecular flexibility index (Phi) is 4.07. The third-order valence-electron chi connectivity index (χ3n) is 4.40. The number of fused-ring (bicyclic) bond motifs is 1. The highest BCUT2D eigenvalue weighted by molar-refractivity contribution is 5.87. The number of ether oxygens (including phenoxy) is 1. The standard InChI is InChI=1S/C14H22O4/c1-8(2)11-4-3-9(6-15)13-12(11)5-10(7-18-13)14(16)17/h5,8-9,11-13,15H,3-4,6-7H2,1-2H3,(H,16,17). The van der Waals surface area contributed by atoms with Gasteiger partial charge in [-0.25, -0.2) is 4.79 Å². The van der Waals surface area contributed by atoms with Gasteiger partial charge in [0.1, 0.15) is 0 Å². The summed E-state index contributed by atoms with van der Waals surface area (Å²) in [4.78, 5) is 11.1. The fourth-order valence-electron chi connectivity index (χ4n) is 3.36. The summed E-state index contributed by atoms with van der Waals surface area (Å²) in [7, 11) is 0. The van der Waals surface area contributed by atoms with E-state index in [4.69, 9.17) is 9.84 Å². The van der Waals surface area contributed by atoms with Crippen molar-refractivity contribution in [2.45, 2.75) is 32.8 Å². The Morgan fingerprint density at radius 2 is 2.22 bits per heavy atom. The number of carboxylic acids is 1. The first-order valence-electron chi connectivity index (χ1n) is 6.71. The summed E-state index contributed by atoms with van der Waals surface area (Å²) in [6, 6.07) is 0. The van der Waals surface area contributed by atoms with E-state index < -0.39 is 5.97 Å². The van der Waals surface area contributed by atoms with E-state index in [0.29, 0.717) is 17.4 Å². The molecule has 4 unspecified atom stereocenters. The molecule has 102 valence electrons. The van der Waals surface area contributed by atoms with Crippen LogP contribution < -0.4 is 0 Å². The molecular weight excluding hydrogens is 232 g/mol. The first-order valence-corrected chi connectivity index (χ1v) is 6.71. The van der Waals surface area contributed by atoms with Gasteiger partial charge in [-0.05, 0) is 24.7 Å². The van der Waals surface area contributed by atoms with E-state index in [-0.39, 0.29) is 31.2 Å². The highest BCUT2D eigenvalue weighted by atomic mass is 16.5. The molecule has 4 atom stereocenters. The van der Waals surface area contributed by atoms with E-state index in [9.17, 15) is 9.90 Å². The molecule has 0 saturated heterocycles. The largest absolute Gasteiger partial charge is 0.478 e. The molecule has 2 rings (SSSR count). The van der Waals surface area contributed by atoms with Gasteiger partial charge in [0.2, 0.25) is 0 Å². The average Bonchev–Trinajstić information content (AvgIpc) is 2.36. The van der Waals surface area contributed by atoms with Crippen molar-refractivity contribution in [3.63, 3.8) is 0 Å². The first-order chi connectivity index (χ1) is 8.54. The quantitative estimate of drug-likeness (QED) is 0.804. The zero-order chi connectivity index (χ0) is 13.3. The zero-order valence-corrected chi connectivity index (χ0v) is 11.0. The number of hydrogen-bond acceptors (Lipinski definition) is 3. The van der Waals surface area contributed by atoms with E-state index in [2.05, 4.69) is 13.8 Å². The molecule has 0 aromatic heterocycles. The van der Waals surface area contributed by atoms with Gasteiger partial charge in [0.15, 0.2) is 0 Å². The lowest BCUT2D eigenvalue weighted by Gasteiger charge is -2.45. The Hall–Kier alpha value is -0.870. The molecule has 1 saturated carbocycles. The second-order valence-electron chi connectivity index (χ2n) is 5.78. The molecule has 0 aromatic rings. The Morgan fingerprint density at radius 1 is 1.50 bits per heavy atom. The van der Waals surface area contributed by atoms with Crippen molar-refractivity contribution in [2.24, 2.45) is 23.7 Å². The molecular formula is C14H22O4. The van der Waals surface area contributed by atoms with Crippen molar-refractivity contribution in [3.8, 4) is 0 Å². The topological polar surface area (TPSA) is 66.8 Å². The number of aliphatic carboxylic acids is 1. The van der Waals surface area contributed by atoms with Crippen molar-refractivity contribution < 1.29 is 19.7 Å². The van der Waals surface area contributed by atoms with E-state index >= 15 is 0 Å². The summed E-state index contributed by atoms with van der Waals surface area (Å²) in [5, 5.41) is 18.5. The van der Waals surface area contributed by atoms with Crippen molar-refractivity contribution in [1.29, 1.82) is 0 Å². The SMILES string of the molecule is CC(C)C1CCC(CO)C2OCC(C(=O)O)=CC12. The van der Waals surface area contributed by atoms with E-state index in [1.165, 1.54) is 0 Å². The van der Waals surface area contributed by atoms with Crippen LogP contribution >= 0.6 is 0 Å². The van der Waals surface area contributed by atoms with Crippen molar-refractivity contribution in [3.05, 3.63) is 11.6 Å². The Morgan fingerprint density at radius 3 is 2.78 bits per heavy atom. The van der Waals surface area contributed by atoms with Crippen LogP contribution in [-0.4, -0.2) is 35.5 Å². The van der Waals surface area contributed by atoms with Crippen LogP contribution in [-0.2, 0) is 9.53 Å². The number of aliphatic hydroxyl groups is 1. The number of rotatable bonds is 3. The maximum atomic E-state index is 11.1. The maximum absolute atomic E-state index is 11.1. The van der Waals surface area contributed by atoms with Gasteiger partial charge in [0.25, 0.3) is 0 Å². The van der Waals surface area contributed by atoms with Gasteiger partial charge in [0.05, 0.1) is 18.3 Å². The molecule has 1 fully saturated rings. The van der Waals surface area contributed by atoms with Crippen LogP contribution in [0.3, 0.4) is 0 Å². The molecule has 4 nitrogen and oxygen atoms in total. The van der Waals surface area contributed by atoms with Gasteiger partial charge in [-0.15, -0.1) is 0 Å². The van der Waals surface area contributed by atoms with E-state index in [1.54, 1.807) is 0 Å². The molecule has 2 N–H and O–H groups in total. The van der Waals surface area contributed by atoms with Crippen LogP contribution in [0.2, 0.25) is 0 Å². The van der Waals surface area contributed by atoms with Crippen LogP contribution in [0.1, 0.15) is 26.7 Å². The fraction of sp³-hybridized carbons (Fsp3) is 0.786. The first kappa shape index (κ1) is 13.6. The molecule has 2 aliphatic rings. The highest BCUT2D eigenvalue weighted by Crippen LogP contribution is 2.42. The fourth-order valence-corrected chi connectivity index (χ4v) is 3.36. The predicted octanol–water partition coefficient (Wildman–Crippen LogP) is 1.69. The van der Waals surface area contributed by atoms with Gasteiger partial charge < -0.3 is 14.9 Å². The number of hydrogen-bond donors (Lipinski definition) is 2. The minimum absolute atomic E-state index is 0.0146. The average molecular weight is 254 g/mol. The van der Waals surface area contributed by atoms with Crippen LogP contribution in [0.25, 0.3) is 0 Å². The Bertz CT molecular complexity index is 348. The zero-order valence-electron chi connectivity index (χ0n) is 11.0. The van der Waals surface area contributed by atoms with Gasteiger partial charge >= 0.3 is 5.97 Å². The minimum Gasteiger partial charge on any atom is -0.478 e. The normalized spacial score (nSPS) is 36.1. The summed E-state index contributed by atoms with van der Waals surface area (Å²) in [6.07, 6.45) is 3.87. The minimum atomic E-state index is -0.887. The lowest BCUT2D eigenvalue weighted by molar-refractivity contribution is -0.136. The van der Waals surface area contributed by atoms with E-state index in [0.717, 1.165) is 12.8 Å². The predicted molar refractivity (Wildman–Crippen MR) is 67.1 cm³/mol. The van der Waals surface area contributed by atoms with Crippen molar-refractivity contribution in [1.82, 2.24) is 0 Å². The van der Waals surface area contributed by atoms with Crippen LogP contribution in [0.15, 0.2) is 11.6 Å². The van der Waals surface area contributed by atoms with Crippen LogP contribution in [0, 0.1) is 23.7 Å². The summed E-state index contributed by atoms with van der Waals surface area (Å²) >= 11 is 0. The third-order valence-corrected chi connectivity index (χ3v) is 4.40. The smallest absolute Gasteiger partial charge is 0.333 e. The van der Waals surface area contributed by atoms with Crippen molar-refractivity contribution in [2.75, 3.05) is 13.2 Å². The molecule has 0 aromatic carbocycles. The number of carboxylic acid groups (broad SMARTS) is 1. The third kappa shape index (κ3) is 2.45. The molecule has 0 bridgehead atoms. The van der Waals surface area contributed by atoms with Crippen LogP contribution in [0.4, 0.5) is 0 Å². The lowest BCUT2D eigenvalue weighted by atomic mass is 9.67. The molecule has 0 amide bonds. The molecule has 1 aliphatic heterocycles. The number of carbonyl (C=O) groups is 1. The molecule has 1 heterocycles. The molecule has 18 heavy (non-hydrogen) atoms. The van der Waals surface area contributed by atoms with Gasteiger partial charge in [-0.2, -0.15) is 0 Å². The summed E-state index contributed by atoms with van der Waals surface area (Å²) in [5.74, 6) is 0.354. The van der Waals surface area contributed by atoms with Crippen LogP contribution in [0.5, 0.6) is 0 Å². The van der Waals surface area contributed by atoms with Gasteiger partial charge in [-0.3, -0.25) is 0 Å². The van der Waals surface area contributed by atoms with Gasteiger partial charge in [0, 0.05) is 18.4 Å². The van der Waals surface area contributed by atoms with Gasteiger partial charge in [-0.1, -0.05) is 19.9 Å². The monoisotopic (exact) mass is 254 g/mol. The number of aliphatic hydroxyl groups excluding tert-OH is 1. The molecule has 0 radical (unpaired) electrons. The van der Waals surface area contributed by atoms with E-state index in [1.807, 2.05) is 6.08 Å². The second kappa shape index (κ2) is 5.41. The molecule has 4 heteroatoms.